The van der Waals surface area contributed by atoms with Crippen LogP contribution in [0.1, 0.15) is 12.1 Å². The third kappa shape index (κ3) is 7.38. The molecule has 146 valence electrons. The van der Waals surface area contributed by atoms with Crippen molar-refractivity contribution in [2.75, 3.05) is 30.8 Å². The van der Waals surface area contributed by atoms with Crippen LogP contribution < -0.4 is 20.7 Å². The zero-order valence-electron chi connectivity index (χ0n) is 14.9. The molecule has 0 atom stereocenters. The van der Waals surface area contributed by atoms with Crippen LogP contribution >= 0.6 is 0 Å². The summed E-state index contributed by atoms with van der Waals surface area (Å²) in [7, 11) is 1.58. The summed E-state index contributed by atoms with van der Waals surface area (Å²) in [6.45, 7) is 2.00. The zero-order valence-corrected chi connectivity index (χ0v) is 14.9. The van der Waals surface area contributed by atoms with Crippen molar-refractivity contribution in [2.45, 2.75) is 19.5 Å². The van der Waals surface area contributed by atoms with E-state index in [9.17, 15) is 18.0 Å². The van der Waals surface area contributed by atoms with Crippen LogP contribution in [0.2, 0.25) is 0 Å². The van der Waals surface area contributed by atoms with E-state index in [1.54, 1.807) is 32.2 Å². The lowest BCUT2D eigenvalue weighted by atomic mass is 10.3. The fourth-order valence-electron chi connectivity index (χ4n) is 2.15. The summed E-state index contributed by atoms with van der Waals surface area (Å²) in [6.07, 6.45) is -6.01. The second kappa shape index (κ2) is 9.06. The van der Waals surface area contributed by atoms with E-state index in [1.807, 2.05) is 12.1 Å². The number of ether oxygens (including phenoxy) is 1. The number of nitrogens with one attached hydrogen (secondary N) is 3. The predicted molar refractivity (Wildman–Crippen MR) is 95.2 cm³/mol. The first-order chi connectivity index (χ1) is 12.7. The number of methoxy groups -OCH3 is 1. The number of aromatic nitrogens is 2. The Morgan fingerprint density at radius 1 is 1.15 bits per heavy atom. The highest BCUT2D eigenvalue weighted by Crippen LogP contribution is 2.20. The highest BCUT2D eigenvalue weighted by atomic mass is 19.4. The lowest BCUT2D eigenvalue weighted by Crippen LogP contribution is -2.32. The van der Waals surface area contributed by atoms with Crippen LogP contribution in [0.5, 0.6) is 5.75 Å². The van der Waals surface area contributed by atoms with Gasteiger partial charge in [0, 0.05) is 30.5 Å². The van der Waals surface area contributed by atoms with Crippen LogP contribution in [-0.4, -0.2) is 42.3 Å². The molecule has 2 aromatic rings. The number of anilines is 3. The topological polar surface area (TPSA) is 88.2 Å². The second-order valence-electron chi connectivity index (χ2n) is 5.64. The molecule has 1 aromatic carbocycles. The minimum Gasteiger partial charge on any atom is -0.497 e. The van der Waals surface area contributed by atoms with Crippen molar-refractivity contribution in [2.24, 2.45) is 0 Å². The molecule has 1 amide bonds. The number of carbonyl (C=O) groups excluding carboxylic acids is 1. The molecule has 0 radical (unpaired) electrons. The molecule has 3 N–H and O–H groups in total. The van der Waals surface area contributed by atoms with Gasteiger partial charge >= 0.3 is 6.18 Å². The second-order valence-corrected chi connectivity index (χ2v) is 5.64. The van der Waals surface area contributed by atoms with Crippen LogP contribution in [0.4, 0.5) is 30.6 Å². The smallest absolute Gasteiger partial charge is 0.397 e. The summed E-state index contributed by atoms with van der Waals surface area (Å²) in [5, 5.41) is 8.18. The summed E-state index contributed by atoms with van der Waals surface area (Å²) >= 11 is 0. The van der Waals surface area contributed by atoms with Crippen molar-refractivity contribution >= 4 is 23.4 Å². The average Bonchev–Trinajstić information content (AvgIpc) is 2.57. The van der Waals surface area contributed by atoms with Gasteiger partial charge in [-0.1, -0.05) is 0 Å². The molecule has 0 saturated heterocycles. The van der Waals surface area contributed by atoms with E-state index in [2.05, 4.69) is 25.9 Å². The Hall–Kier alpha value is -3.04. The average molecular weight is 383 g/mol. The number of hydrogen-bond donors (Lipinski definition) is 3. The van der Waals surface area contributed by atoms with Gasteiger partial charge in [-0.05, 0) is 31.2 Å². The molecule has 7 nitrogen and oxygen atoms in total. The number of amides is 1. The van der Waals surface area contributed by atoms with Crippen molar-refractivity contribution in [1.82, 2.24) is 15.3 Å². The van der Waals surface area contributed by atoms with Gasteiger partial charge in [0.1, 0.15) is 18.0 Å². The van der Waals surface area contributed by atoms with Crippen LogP contribution in [0, 0.1) is 6.92 Å². The van der Waals surface area contributed by atoms with Gasteiger partial charge in [-0.25, -0.2) is 4.98 Å². The summed E-state index contributed by atoms with van der Waals surface area (Å²) in [6, 6.07) is 9.03. The van der Waals surface area contributed by atoms with Crippen LogP contribution in [-0.2, 0) is 4.79 Å². The van der Waals surface area contributed by atoms with E-state index in [-0.39, 0.29) is 13.1 Å². The lowest BCUT2D eigenvalue weighted by Gasteiger charge is -2.11. The van der Waals surface area contributed by atoms with Crippen molar-refractivity contribution in [3.63, 3.8) is 0 Å². The monoisotopic (exact) mass is 383 g/mol. The summed E-state index contributed by atoms with van der Waals surface area (Å²) in [5.41, 5.74) is 1.50. The Morgan fingerprint density at radius 3 is 2.48 bits per heavy atom. The molecule has 10 heteroatoms. The molecule has 0 saturated carbocycles. The van der Waals surface area contributed by atoms with E-state index in [4.69, 9.17) is 4.74 Å². The Labute approximate surface area is 154 Å². The molecule has 0 aliphatic carbocycles. The quantitative estimate of drug-likeness (QED) is 0.608. The first-order valence-electron chi connectivity index (χ1n) is 8.09. The van der Waals surface area contributed by atoms with E-state index in [1.165, 1.54) is 0 Å². The molecule has 0 spiro atoms. The number of hydrogen-bond acceptors (Lipinski definition) is 6. The predicted octanol–water partition coefficient (Wildman–Crippen LogP) is 3.02. The normalized spacial score (nSPS) is 11.0. The number of carbonyl (C=O) groups is 1. The number of halogens is 3. The van der Waals surface area contributed by atoms with Crippen molar-refractivity contribution in [3.8, 4) is 5.75 Å². The van der Waals surface area contributed by atoms with E-state index >= 15 is 0 Å². The zero-order chi connectivity index (χ0) is 19.9. The van der Waals surface area contributed by atoms with E-state index in [0.717, 1.165) is 11.4 Å². The maximum atomic E-state index is 12.1. The van der Waals surface area contributed by atoms with Crippen LogP contribution in [0.25, 0.3) is 0 Å². The standard InChI is InChI=1S/C17H20F3N5O2/c1-11-9-14(24-12-3-5-13(27-2)6-4-12)25-16(23-11)22-8-7-21-15(26)10-17(18,19)20/h3-6,9H,7-8,10H2,1-2H3,(H,21,26)(H2,22,23,24,25). The molecule has 0 bridgehead atoms. The van der Waals surface area contributed by atoms with Gasteiger partial charge in [0.05, 0.1) is 7.11 Å². The fourth-order valence-corrected chi connectivity index (χ4v) is 2.15. The Morgan fingerprint density at radius 2 is 1.85 bits per heavy atom. The SMILES string of the molecule is COc1ccc(Nc2cc(C)nc(NCCNC(=O)CC(F)(F)F)n2)cc1. The van der Waals surface area contributed by atoms with Gasteiger partial charge in [0.25, 0.3) is 0 Å². The van der Waals surface area contributed by atoms with Gasteiger partial charge < -0.3 is 20.7 Å². The third-order valence-electron chi connectivity index (χ3n) is 3.31. The molecule has 0 fully saturated rings. The van der Waals surface area contributed by atoms with Gasteiger partial charge in [-0.2, -0.15) is 18.2 Å². The third-order valence-corrected chi connectivity index (χ3v) is 3.31. The highest BCUT2D eigenvalue weighted by Gasteiger charge is 2.30. The Balaban J connectivity index is 1.87. The number of rotatable bonds is 8. The van der Waals surface area contributed by atoms with Gasteiger partial charge in [0.2, 0.25) is 11.9 Å². The molecule has 2 rings (SSSR count). The largest absolute Gasteiger partial charge is 0.497 e. The van der Waals surface area contributed by atoms with Crippen LogP contribution in [0.15, 0.2) is 30.3 Å². The van der Waals surface area contributed by atoms with Crippen molar-refractivity contribution in [1.29, 1.82) is 0 Å². The lowest BCUT2D eigenvalue weighted by molar-refractivity contribution is -0.153. The van der Waals surface area contributed by atoms with Crippen LogP contribution in [0.3, 0.4) is 0 Å². The highest BCUT2D eigenvalue weighted by molar-refractivity contribution is 5.76. The minimum absolute atomic E-state index is 0.0213. The maximum absolute atomic E-state index is 12.1. The first kappa shape index (κ1) is 20.3. The molecule has 27 heavy (non-hydrogen) atoms. The number of nitrogens with zero attached hydrogens (tertiary/aromatic N) is 2. The maximum Gasteiger partial charge on any atom is 0.397 e. The molecule has 0 aliphatic heterocycles. The molecule has 0 unspecified atom stereocenters. The Bertz CT molecular complexity index is 766. The Kier molecular flexibility index (Phi) is 6.80. The van der Waals surface area contributed by atoms with E-state index < -0.39 is 18.5 Å². The molecule has 1 aromatic heterocycles. The van der Waals surface area contributed by atoms with Gasteiger partial charge in [-0.15, -0.1) is 0 Å². The first-order valence-corrected chi connectivity index (χ1v) is 8.09. The number of aryl methyl sites for hydroxylation is 1. The number of alkyl halides is 3. The van der Waals surface area contributed by atoms with Gasteiger partial charge in [0.15, 0.2) is 0 Å². The molecular formula is C17H20F3N5O2. The number of benzene rings is 1. The molecular weight excluding hydrogens is 363 g/mol. The summed E-state index contributed by atoms with van der Waals surface area (Å²) in [4.78, 5) is 19.6. The summed E-state index contributed by atoms with van der Waals surface area (Å²) < 4.78 is 41.3. The van der Waals surface area contributed by atoms with Gasteiger partial charge in [-0.3, -0.25) is 4.79 Å². The summed E-state index contributed by atoms with van der Waals surface area (Å²) in [5.74, 6) is 0.512. The van der Waals surface area contributed by atoms with E-state index in [0.29, 0.717) is 17.5 Å². The van der Waals surface area contributed by atoms with Crippen molar-refractivity contribution < 1.29 is 22.7 Å². The minimum atomic E-state index is -4.51. The molecule has 1 heterocycles. The van der Waals surface area contributed by atoms with Crippen molar-refractivity contribution in [3.05, 3.63) is 36.0 Å². The fraction of sp³-hybridized carbons (Fsp3) is 0.353. The molecule has 0 aliphatic rings.